The van der Waals surface area contributed by atoms with Crippen molar-refractivity contribution in [3.8, 4) is 16.9 Å². The van der Waals surface area contributed by atoms with E-state index in [-0.39, 0.29) is 5.91 Å². The maximum Gasteiger partial charge on any atom is 0.223 e. The number of nitrogens with zero attached hydrogens (tertiary/aromatic N) is 2. The number of methoxy groups -OCH3 is 1. The topological polar surface area (TPSA) is 73.3 Å². The largest absolute Gasteiger partial charge is 0.492 e. The molecule has 0 atom stereocenters. The summed E-state index contributed by atoms with van der Waals surface area (Å²) in [6, 6.07) is 7.95. The van der Waals surface area contributed by atoms with Crippen molar-refractivity contribution in [2.45, 2.75) is 13.3 Å². The molecule has 0 fully saturated rings. The number of aromatic nitrogens is 2. The molecule has 3 rings (SSSR count). The van der Waals surface area contributed by atoms with E-state index in [4.69, 9.17) is 9.47 Å². The van der Waals surface area contributed by atoms with E-state index in [0.29, 0.717) is 18.3 Å². The highest BCUT2D eigenvalue weighted by molar-refractivity contribution is 7.22. The fourth-order valence-corrected chi connectivity index (χ4v) is 3.31. The van der Waals surface area contributed by atoms with Crippen molar-refractivity contribution in [2.75, 3.05) is 25.6 Å². The van der Waals surface area contributed by atoms with Crippen molar-refractivity contribution in [2.24, 2.45) is 0 Å². The summed E-state index contributed by atoms with van der Waals surface area (Å²) in [7, 11) is 1.68. The molecule has 25 heavy (non-hydrogen) atoms. The molecular weight excluding hydrogens is 338 g/mol. The van der Waals surface area contributed by atoms with Crippen LogP contribution in [0.15, 0.2) is 36.7 Å². The molecule has 2 heterocycles. The average Bonchev–Trinajstić information content (AvgIpc) is 2.99. The van der Waals surface area contributed by atoms with Crippen LogP contribution in [-0.4, -0.2) is 36.2 Å². The zero-order valence-electron chi connectivity index (χ0n) is 14.1. The molecule has 6 nitrogen and oxygen atoms in total. The van der Waals surface area contributed by atoms with Gasteiger partial charge in [0.15, 0.2) is 5.13 Å². The molecular formula is C18H19N3O3S. The van der Waals surface area contributed by atoms with Crippen LogP contribution in [0, 0.1) is 0 Å². The summed E-state index contributed by atoms with van der Waals surface area (Å²) < 4.78 is 11.7. The van der Waals surface area contributed by atoms with Crippen LogP contribution in [0.25, 0.3) is 21.3 Å². The third-order valence-corrected chi connectivity index (χ3v) is 4.41. The van der Waals surface area contributed by atoms with Crippen LogP contribution in [0.5, 0.6) is 5.75 Å². The van der Waals surface area contributed by atoms with Crippen LogP contribution >= 0.6 is 11.3 Å². The van der Waals surface area contributed by atoms with Gasteiger partial charge in [0.05, 0.1) is 23.0 Å². The first-order valence-corrected chi connectivity index (χ1v) is 8.72. The standard InChI is InChI=1S/C18H19N3O3S/c1-12(22)20-18-21-16-5-4-13(9-17(16)25-18)14-8-15(11-19-10-14)24-7-3-6-23-2/h4-5,8-11H,3,6-7H2,1-2H3,(H,20,21,22). The van der Waals surface area contributed by atoms with Crippen LogP contribution in [0.4, 0.5) is 5.13 Å². The van der Waals surface area contributed by atoms with Gasteiger partial charge in [-0.05, 0) is 23.8 Å². The van der Waals surface area contributed by atoms with Gasteiger partial charge in [-0.15, -0.1) is 0 Å². The number of ether oxygens (including phenoxy) is 2. The molecule has 0 bridgehead atoms. The highest BCUT2D eigenvalue weighted by Gasteiger charge is 2.08. The van der Waals surface area contributed by atoms with Crippen molar-refractivity contribution in [3.63, 3.8) is 0 Å². The Hall–Kier alpha value is -2.51. The predicted molar refractivity (Wildman–Crippen MR) is 99.1 cm³/mol. The average molecular weight is 357 g/mol. The van der Waals surface area contributed by atoms with Crippen molar-refractivity contribution < 1.29 is 14.3 Å². The molecule has 1 amide bonds. The van der Waals surface area contributed by atoms with Crippen LogP contribution in [0.2, 0.25) is 0 Å². The number of hydrogen-bond acceptors (Lipinski definition) is 6. The van der Waals surface area contributed by atoms with Gasteiger partial charge in [-0.25, -0.2) is 4.98 Å². The summed E-state index contributed by atoms with van der Waals surface area (Å²) in [6.45, 7) is 2.74. The second-order valence-electron chi connectivity index (χ2n) is 5.49. The van der Waals surface area contributed by atoms with Gasteiger partial charge in [0, 0.05) is 38.8 Å². The lowest BCUT2D eigenvalue weighted by Gasteiger charge is -2.07. The maximum atomic E-state index is 11.2. The number of rotatable bonds is 7. The highest BCUT2D eigenvalue weighted by atomic mass is 32.1. The summed E-state index contributed by atoms with van der Waals surface area (Å²) >= 11 is 1.45. The number of thiazole rings is 1. The summed E-state index contributed by atoms with van der Waals surface area (Å²) in [4.78, 5) is 19.8. The van der Waals surface area contributed by atoms with E-state index < -0.39 is 0 Å². The first-order valence-electron chi connectivity index (χ1n) is 7.91. The summed E-state index contributed by atoms with van der Waals surface area (Å²) in [6.07, 6.45) is 4.34. The molecule has 7 heteroatoms. The first kappa shape index (κ1) is 17.3. The van der Waals surface area contributed by atoms with Crippen LogP contribution in [-0.2, 0) is 9.53 Å². The van der Waals surface area contributed by atoms with Gasteiger partial charge in [0.1, 0.15) is 5.75 Å². The van der Waals surface area contributed by atoms with E-state index in [0.717, 1.165) is 33.5 Å². The van der Waals surface area contributed by atoms with Crippen molar-refractivity contribution >= 4 is 32.6 Å². The van der Waals surface area contributed by atoms with Gasteiger partial charge < -0.3 is 14.8 Å². The van der Waals surface area contributed by atoms with Crippen molar-refractivity contribution in [1.82, 2.24) is 9.97 Å². The minimum absolute atomic E-state index is 0.123. The molecule has 3 aromatic rings. The SMILES string of the molecule is COCCCOc1cncc(-c2ccc3nc(NC(C)=O)sc3c2)c1. The Bertz CT molecular complexity index is 879. The quantitative estimate of drug-likeness (QED) is 0.652. The minimum atomic E-state index is -0.123. The zero-order valence-corrected chi connectivity index (χ0v) is 14.9. The number of amides is 1. The molecule has 130 valence electrons. The fraction of sp³-hybridized carbons (Fsp3) is 0.278. The lowest BCUT2D eigenvalue weighted by Crippen LogP contribution is -2.04. The molecule has 1 N–H and O–H groups in total. The Kier molecular flexibility index (Phi) is 5.57. The highest BCUT2D eigenvalue weighted by Crippen LogP contribution is 2.31. The van der Waals surface area contributed by atoms with Gasteiger partial charge in [0.25, 0.3) is 0 Å². The molecule has 0 spiro atoms. The van der Waals surface area contributed by atoms with E-state index in [1.165, 1.54) is 18.3 Å². The van der Waals surface area contributed by atoms with E-state index >= 15 is 0 Å². The Morgan fingerprint density at radius 3 is 2.88 bits per heavy atom. The lowest BCUT2D eigenvalue weighted by molar-refractivity contribution is -0.114. The molecule has 2 aromatic heterocycles. The van der Waals surface area contributed by atoms with E-state index in [1.54, 1.807) is 19.5 Å². The second kappa shape index (κ2) is 8.04. The Labute approximate surface area is 149 Å². The molecule has 0 aliphatic rings. The number of benzene rings is 1. The third kappa shape index (κ3) is 4.52. The van der Waals surface area contributed by atoms with Gasteiger partial charge in [-0.3, -0.25) is 9.78 Å². The third-order valence-electron chi connectivity index (χ3n) is 3.48. The Morgan fingerprint density at radius 1 is 1.20 bits per heavy atom. The van der Waals surface area contributed by atoms with Crippen LogP contribution in [0.1, 0.15) is 13.3 Å². The summed E-state index contributed by atoms with van der Waals surface area (Å²) in [5, 5.41) is 3.33. The summed E-state index contributed by atoms with van der Waals surface area (Å²) in [5.74, 6) is 0.610. The van der Waals surface area contributed by atoms with Crippen LogP contribution in [0.3, 0.4) is 0 Å². The Balaban J connectivity index is 1.79. The van der Waals surface area contributed by atoms with Crippen molar-refractivity contribution in [1.29, 1.82) is 0 Å². The molecule has 0 aliphatic carbocycles. The van der Waals surface area contributed by atoms with Gasteiger partial charge in [-0.1, -0.05) is 17.4 Å². The number of hydrogen-bond donors (Lipinski definition) is 1. The Morgan fingerprint density at radius 2 is 2.08 bits per heavy atom. The van der Waals surface area contributed by atoms with E-state index in [9.17, 15) is 4.79 Å². The van der Waals surface area contributed by atoms with Gasteiger partial charge >= 0.3 is 0 Å². The van der Waals surface area contributed by atoms with Gasteiger partial charge in [0.2, 0.25) is 5.91 Å². The number of carbonyl (C=O) groups is 1. The molecule has 1 aromatic carbocycles. The normalized spacial score (nSPS) is 10.8. The smallest absolute Gasteiger partial charge is 0.223 e. The van der Waals surface area contributed by atoms with E-state index in [2.05, 4.69) is 15.3 Å². The molecule has 0 saturated carbocycles. The number of pyridine rings is 1. The minimum Gasteiger partial charge on any atom is -0.492 e. The second-order valence-corrected chi connectivity index (χ2v) is 6.52. The van der Waals surface area contributed by atoms with E-state index in [1.807, 2.05) is 24.3 Å². The first-order chi connectivity index (χ1) is 12.2. The summed E-state index contributed by atoms with van der Waals surface area (Å²) in [5.41, 5.74) is 2.86. The number of anilines is 1. The fourth-order valence-electron chi connectivity index (χ4n) is 2.36. The maximum absolute atomic E-state index is 11.2. The monoisotopic (exact) mass is 357 g/mol. The lowest BCUT2D eigenvalue weighted by atomic mass is 10.1. The van der Waals surface area contributed by atoms with Gasteiger partial charge in [-0.2, -0.15) is 0 Å². The van der Waals surface area contributed by atoms with Crippen LogP contribution < -0.4 is 10.1 Å². The van der Waals surface area contributed by atoms with Crippen molar-refractivity contribution in [3.05, 3.63) is 36.7 Å². The molecule has 0 saturated heterocycles. The zero-order chi connectivity index (χ0) is 17.6. The molecule has 0 unspecified atom stereocenters. The number of fused-ring (bicyclic) bond motifs is 1. The predicted octanol–water partition coefficient (Wildman–Crippen LogP) is 3.73. The molecule has 0 aliphatic heterocycles. The molecule has 0 radical (unpaired) electrons. The number of carbonyl (C=O) groups excluding carboxylic acids is 1. The number of nitrogens with one attached hydrogen (secondary N) is 1.